The summed E-state index contributed by atoms with van der Waals surface area (Å²) < 4.78 is 23.3. The third kappa shape index (κ3) is 54.0. The zero-order valence-electron chi connectivity index (χ0n) is 46.7. The number of rotatable bonds is 54. The van der Waals surface area contributed by atoms with Crippen LogP contribution in [0.25, 0.3) is 0 Å². The van der Waals surface area contributed by atoms with E-state index in [1.807, 2.05) is 27.2 Å². The normalized spacial score (nSPS) is 14.3. The van der Waals surface area contributed by atoms with Crippen molar-refractivity contribution in [3.8, 4) is 0 Å². The first-order valence-corrected chi connectivity index (χ1v) is 31.1. The van der Waals surface area contributed by atoms with Crippen molar-refractivity contribution in [2.45, 2.75) is 283 Å². The molecule has 0 aliphatic heterocycles. The summed E-state index contributed by atoms with van der Waals surface area (Å²) in [4.78, 5) is 25.5. The van der Waals surface area contributed by atoms with E-state index in [1.165, 1.54) is 186 Å². The van der Waals surface area contributed by atoms with Crippen LogP contribution in [0.15, 0.2) is 60.8 Å². The van der Waals surface area contributed by atoms with Gasteiger partial charge in [0.2, 0.25) is 5.91 Å². The summed E-state index contributed by atoms with van der Waals surface area (Å²) in [6.45, 7) is 4.64. The highest BCUT2D eigenvalue weighted by molar-refractivity contribution is 7.45. The van der Waals surface area contributed by atoms with Gasteiger partial charge in [-0.25, -0.2) is 0 Å². The predicted octanol–water partition coefficient (Wildman–Crippen LogP) is 17.5. The standard InChI is InChI=1S/C61H115N2O6P/c1-6-8-10-12-14-16-18-20-22-24-26-28-30-31-33-34-36-38-40-42-44-46-48-50-52-54-60(64)59(58-69-70(66,67)68-57-56-63(3,4)5)62-61(65)55-53-51-49-47-45-43-41-39-37-35-32-29-27-25-23-21-19-17-15-13-11-9-7-2/h27,29,35-38,44,46,52,54,59-60,64H,6-26,28,30-34,39-43,45,47-51,53,55-58H2,1-5H3,(H-,62,65,66,67)/b29-27-,37-35-,38-36+,46-44+,54-52+. The number of aliphatic hydroxyl groups excluding tert-OH is 1. The lowest BCUT2D eigenvalue weighted by atomic mass is 10.0. The predicted molar refractivity (Wildman–Crippen MR) is 302 cm³/mol. The van der Waals surface area contributed by atoms with Crippen molar-refractivity contribution in [3.63, 3.8) is 0 Å². The lowest BCUT2D eigenvalue weighted by Gasteiger charge is -2.29. The van der Waals surface area contributed by atoms with Crippen molar-refractivity contribution in [2.24, 2.45) is 0 Å². The van der Waals surface area contributed by atoms with E-state index in [-0.39, 0.29) is 12.5 Å². The molecule has 0 saturated carbocycles. The maximum atomic E-state index is 13.0. The first-order valence-electron chi connectivity index (χ1n) is 29.7. The number of hydrogen-bond donors (Lipinski definition) is 2. The highest BCUT2D eigenvalue weighted by atomic mass is 31.2. The molecule has 410 valence electrons. The third-order valence-corrected chi connectivity index (χ3v) is 14.1. The van der Waals surface area contributed by atoms with Crippen LogP contribution in [0.4, 0.5) is 0 Å². The van der Waals surface area contributed by atoms with Crippen LogP contribution in [-0.2, 0) is 18.4 Å². The van der Waals surface area contributed by atoms with Crippen molar-refractivity contribution in [2.75, 3.05) is 40.9 Å². The second-order valence-corrected chi connectivity index (χ2v) is 22.7. The molecule has 0 aliphatic carbocycles. The molecule has 3 unspecified atom stereocenters. The Morgan fingerprint density at radius 1 is 0.500 bits per heavy atom. The van der Waals surface area contributed by atoms with E-state index >= 15 is 0 Å². The molecule has 1 amide bonds. The molecular weight excluding hydrogens is 888 g/mol. The van der Waals surface area contributed by atoms with Gasteiger partial charge in [-0.3, -0.25) is 9.36 Å². The minimum absolute atomic E-state index is 0.0124. The Labute approximate surface area is 434 Å². The molecule has 9 heteroatoms. The number of carbonyl (C=O) groups excluding carboxylic acids is 1. The third-order valence-electron chi connectivity index (χ3n) is 13.2. The summed E-state index contributed by atoms with van der Waals surface area (Å²) in [5.74, 6) is -0.218. The molecule has 0 fully saturated rings. The topological polar surface area (TPSA) is 108 Å². The second kappa shape index (κ2) is 52.1. The molecule has 0 radical (unpaired) electrons. The molecule has 0 aromatic heterocycles. The largest absolute Gasteiger partial charge is 0.756 e. The molecule has 0 heterocycles. The first kappa shape index (κ1) is 68.2. The fourth-order valence-electron chi connectivity index (χ4n) is 8.51. The molecular formula is C61H115N2O6P. The van der Waals surface area contributed by atoms with E-state index in [1.54, 1.807) is 6.08 Å². The smallest absolute Gasteiger partial charge is 0.268 e. The number of phosphoric ester groups is 1. The number of nitrogens with zero attached hydrogens (tertiary/aromatic N) is 1. The van der Waals surface area contributed by atoms with Crippen molar-refractivity contribution in [1.29, 1.82) is 0 Å². The fraction of sp³-hybridized carbons (Fsp3) is 0.820. The van der Waals surface area contributed by atoms with Crippen LogP contribution in [-0.4, -0.2) is 68.5 Å². The van der Waals surface area contributed by atoms with Gasteiger partial charge in [0.25, 0.3) is 7.82 Å². The number of unbranched alkanes of at least 4 members (excludes halogenated alkanes) is 33. The van der Waals surface area contributed by atoms with E-state index in [2.05, 4.69) is 67.8 Å². The summed E-state index contributed by atoms with van der Waals surface area (Å²) in [7, 11) is 1.23. The Kier molecular flexibility index (Phi) is 50.7. The zero-order chi connectivity index (χ0) is 51.3. The molecule has 0 saturated heterocycles. The van der Waals surface area contributed by atoms with Gasteiger partial charge in [-0.05, 0) is 77.0 Å². The zero-order valence-corrected chi connectivity index (χ0v) is 47.6. The first-order chi connectivity index (χ1) is 34.0. The average molecular weight is 1000 g/mol. The maximum absolute atomic E-state index is 13.0. The summed E-state index contributed by atoms with van der Waals surface area (Å²) in [6, 6.07) is -0.917. The van der Waals surface area contributed by atoms with Crippen LogP contribution in [0, 0.1) is 0 Å². The van der Waals surface area contributed by atoms with Crippen LogP contribution in [0.3, 0.4) is 0 Å². The molecule has 8 nitrogen and oxygen atoms in total. The van der Waals surface area contributed by atoms with Gasteiger partial charge in [0.15, 0.2) is 0 Å². The van der Waals surface area contributed by atoms with Crippen LogP contribution in [0.1, 0.15) is 271 Å². The van der Waals surface area contributed by atoms with Gasteiger partial charge in [-0.15, -0.1) is 0 Å². The molecule has 0 aliphatic rings. The van der Waals surface area contributed by atoms with E-state index in [0.29, 0.717) is 17.4 Å². The molecule has 0 aromatic carbocycles. The number of quaternary nitrogens is 1. The molecule has 70 heavy (non-hydrogen) atoms. The second-order valence-electron chi connectivity index (χ2n) is 21.3. The summed E-state index contributed by atoms with van der Waals surface area (Å²) in [5, 5.41) is 13.9. The van der Waals surface area contributed by atoms with E-state index in [0.717, 1.165) is 64.2 Å². The number of hydrogen-bond acceptors (Lipinski definition) is 6. The van der Waals surface area contributed by atoms with Crippen molar-refractivity contribution in [3.05, 3.63) is 60.8 Å². The average Bonchev–Trinajstić information content (AvgIpc) is 3.32. The number of amides is 1. The summed E-state index contributed by atoms with van der Waals surface area (Å²) in [6.07, 6.45) is 70.2. The van der Waals surface area contributed by atoms with Gasteiger partial charge in [0, 0.05) is 6.42 Å². The number of likely N-dealkylation sites (N-methyl/N-ethyl adjacent to an activating group) is 1. The van der Waals surface area contributed by atoms with Gasteiger partial charge < -0.3 is 28.8 Å². The highest BCUT2D eigenvalue weighted by Gasteiger charge is 2.23. The van der Waals surface area contributed by atoms with Gasteiger partial charge in [0.1, 0.15) is 13.2 Å². The van der Waals surface area contributed by atoms with Gasteiger partial charge >= 0.3 is 0 Å². The van der Waals surface area contributed by atoms with Crippen LogP contribution < -0.4 is 10.2 Å². The Balaban J connectivity index is 4.30. The minimum Gasteiger partial charge on any atom is -0.756 e. The number of carbonyl (C=O) groups is 1. The summed E-state index contributed by atoms with van der Waals surface area (Å²) >= 11 is 0. The van der Waals surface area contributed by atoms with E-state index < -0.39 is 26.6 Å². The van der Waals surface area contributed by atoms with E-state index in [9.17, 15) is 19.4 Å². The Bertz CT molecular complexity index is 1320. The highest BCUT2D eigenvalue weighted by Crippen LogP contribution is 2.38. The van der Waals surface area contributed by atoms with Gasteiger partial charge in [-0.1, -0.05) is 248 Å². The van der Waals surface area contributed by atoms with Crippen molar-refractivity contribution >= 4 is 13.7 Å². The van der Waals surface area contributed by atoms with Crippen molar-refractivity contribution < 1.29 is 32.9 Å². The molecule has 0 bridgehead atoms. The number of allylic oxidation sites excluding steroid dienone is 9. The van der Waals surface area contributed by atoms with Crippen LogP contribution in [0.5, 0.6) is 0 Å². The Hall–Kier alpha value is -1.80. The summed E-state index contributed by atoms with van der Waals surface area (Å²) in [5.41, 5.74) is 0. The number of nitrogens with one attached hydrogen (secondary N) is 1. The monoisotopic (exact) mass is 1000 g/mol. The van der Waals surface area contributed by atoms with Crippen LogP contribution in [0.2, 0.25) is 0 Å². The number of aliphatic hydroxyl groups is 1. The van der Waals surface area contributed by atoms with Crippen molar-refractivity contribution in [1.82, 2.24) is 5.32 Å². The van der Waals surface area contributed by atoms with Gasteiger partial charge in [0.05, 0.1) is 39.9 Å². The SMILES string of the molecule is CCCCCCCCCCC/C=C\C/C=C\CCCCCCCCCC(=O)NC(COP(=O)([O-])OCC[N+](C)(C)C)C(O)/C=C/CC/C=C/CC/C=C/CCCCCCCCCCCCCCCCC. The Morgan fingerprint density at radius 3 is 1.24 bits per heavy atom. The molecule has 0 spiro atoms. The van der Waals surface area contributed by atoms with Gasteiger partial charge in [-0.2, -0.15) is 0 Å². The fourth-order valence-corrected chi connectivity index (χ4v) is 9.23. The van der Waals surface area contributed by atoms with Crippen LogP contribution >= 0.6 is 7.82 Å². The maximum Gasteiger partial charge on any atom is 0.268 e. The van der Waals surface area contributed by atoms with E-state index in [4.69, 9.17) is 9.05 Å². The minimum atomic E-state index is -4.61. The Morgan fingerprint density at radius 2 is 0.843 bits per heavy atom. The molecule has 0 rings (SSSR count). The molecule has 2 N–H and O–H groups in total. The molecule has 0 aromatic rings. The lowest BCUT2D eigenvalue weighted by molar-refractivity contribution is -0.870. The lowest BCUT2D eigenvalue weighted by Crippen LogP contribution is -2.45. The quantitative estimate of drug-likeness (QED) is 0.0272. The molecule has 3 atom stereocenters. The number of phosphoric acid groups is 1.